The lowest BCUT2D eigenvalue weighted by atomic mass is 9.96. The fraction of sp³-hybridized carbons (Fsp3) is 0.438. The third-order valence-corrected chi connectivity index (χ3v) is 5.14. The molecule has 6 heteroatoms. The highest BCUT2D eigenvalue weighted by molar-refractivity contribution is 6.33. The summed E-state index contributed by atoms with van der Waals surface area (Å²) in [6.45, 7) is 0. The van der Waals surface area contributed by atoms with Crippen molar-refractivity contribution in [3.8, 4) is 0 Å². The average Bonchev–Trinajstić information content (AvgIpc) is 3.14. The molecule has 0 spiro atoms. The second-order valence-corrected chi connectivity index (χ2v) is 6.46. The summed E-state index contributed by atoms with van der Waals surface area (Å²) < 4.78 is 0. The summed E-state index contributed by atoms with van der Waals surface area (Å²) in [5, 5.41) is 9.05. The maximum Gasteiger partial charge on any atom is 0.255 e. The van der Waals surface area contributed by atoms with Crippen molar-refractivity contribution in [2.75, 3.05) is 0 Å². The molecule has 1 aromatic heterocycles. The first-order valence-electron chi connectivity index (χ1n) is 7.67. The number of piperidine rings is 1. The first-order valence-corrected chi connectivity index (χ1v) is 8.05. The van der Waals surface area contributed by atoms with Gasteiger partial charge in [-0.3, -0.25) is 4.79 Å². The largest absolute Gasteiger partial charge is 0.332 e. The molecule has 0 saturated carbocycles. The fourth-order valence-corrected chi connectivity index (χ4v) is 4.07. The molecule has 2 aliphatic heterocycles. The number of carbonyl (C=O) groups is 1. The summed E-state index contributed by atoms with van der Waals surface area (Å²) in [6, 6.07) is 8.12. The van der Waals surface area contributed by atoms with Crippen LogP contribution in [0.25, 0.3) is 0 Å². The maximum absolute atomic E-state index is 12.9. The zero-order chi connectivity index (χ0) is 15.1. The molecule has 4 rings (SSSR count). The molecule has 0 N–H and O–H groups in total. The van der Waals surface area contributed by atoms with Crippen molar-refractivity contribution in [3.05, 3.63) is 47.2 Å². The molecule has 2 aromatic rings. The molecule has 0 aliphatic carbocycles. The first-order chi connectivity index (χ1) is 10.7. The van der Waals surface area contributed by atoms with Crippen molar-refractivity contribution in [1.29, 1.82) is 0 Å². The number of hydrogen-bond donors (Lipinski definition) is 0. The Hall–Kier alpha value is -1.88. The molecule has 2 bridgehead atoms. The van der Waals surface area contributed by atoms with Crippen molar-refractivity contribution in [1.82, 2.24) is 19.9 Å². The zero-order valence-electron chi connectivity index (χ0n) is 12.1. The minimum atomic E-state index is 0.0602. The van der Waals surface area contributed by atoms with E-state index in [2.05, 4.69) is 10.2 Å². The lowest BCUT2D eigenvalue weighted by Gasteiger charge is -2.38. The van der Waals surface area contributed by atoms with Crippen molar-refractivity contribution >= 4 is 17.5 Å². The summed E-state index contributed by atoms with van der Waals surface area (Å²) in [5.74, 6) is 0.0602. The number of fused-ring (bicyclic) bond motifs is 2. The number of amides is 1. The van der Waals surface area contributed by atoms with Gasteiger partial charge >= 0.3 is 0 Å². The number of carbonyl (C=O) groups excluding carboxylic acids is 1. The van der Waals surface area contributed by atoms with Crippen LogP contribution in [0.3, 0.4) is 0 Å². The Morgan fingerprint density at radius 3 is 2.32 bits per heavy atom. The molecular formula is C16H17ClN4O. The summed E-state index contributed by atoms with van der Waals surface area (Å²) >= 11 is 6.19. The monoisotopic (exact) mass is 316 g/mol. The van der Waals surface area contributed by atoms with Crippen molar-refractivity contribution < 1.29 is 4.79 Å². The number of nitrogens with zero attached hydrogens (tertiary/aromatic N) is 4. The van der Waals surface area contributed by atoms with E-state index in [9.17, 15) is 4.79 Å². The first kappa shape index (κ1) is 13.8. The van der Waals surface area contributed by atoms with Gasteiger partial charge in [0.2, 0.25) is 0 Å². The van der Waals surface area contributed by atoms with Crippen LogP contribution < -0.4 is 0 Å². The van der Waals surface area contributed by atoms with E-state index in [4.69, 9.17) is 11.6 Å². The van der Waals surface area contributed by atoms with Gasteiger partial charge in [-0.25, -0.2) is 0 Å². The Morgan fingerprint density at radius 1 is 1.05 bits per heavy atom. The minimum absolute atomic E-state index is 0.0602. The molecule has 1 aromatic carbocycles. The lowest BCUT2D eigenvalue weighted by Crippen LogP contribution is -2.47. The van der Waals surface area contributed by atoms with E-state index in [-0.39, 0.29) is 18.0 Å². The Kier molecular flexibility index (Phi) is 3.37. The van der Waals surface area contributed by atoms with Gasteiger partial charge in [0.1, 0.15) is 0 Å². The molecule has 2 saturated heterocycles. The predicted octanol–water partition coefficient (Wildman–Crippen LogP) is 2.94. The van der Waals surface area contributed by atoms with E-state index >= 15 is 0 Å². The Morgan fingerprint density at radius 2 is 1.68 bits per heavy atom. The van der Waals surface area contributed by atoms with Crippen molar-refractivity contribution in [3.63, 3.8) is 0 Å². The van der Waals surface area contributed by atoms with Gasteiger partial charge in [0.05, 0.1) is 29.0 Å². The highest BCUT2D eigenvalue weighted by Gasteiger charge is 2.44. The molecule has 114 valence electrons. The average molecular weight is 317 g/mol. The number of hydrogen-bond acceptors (Lipinski definition) is 3. The maximum atomic E-state index is 12.9. The molecule has 5 nitrogen and oxygen atoms in total. The van der Waals surface area contributed by atoms with Crippen LogP contribution in [0.4, 0.5) is 0 Å². The highest BCUT2D eigenvalue weighted by atomic mass is 35.5. The molecule has 2 aliphatic rings. The molecule has 22 heavy (non-hydrogen) atoms. The third-order valence-electron chi connectivity index (χ3n) is 4.81. The van der Waals surface area contributed by atoms with Gasteiger partial charge in [-0.05, 0) is 37.8 Å². The van der Waals surface area contributed by atoms with Crippen LogP contribution in [0, 0.1) is 0 Å². The van der Waals surface area contributed by atoms with Gasteiger partial charge in [0.15, 0.2) is 0 Å². The van der Waals surface area contributed by atoms with E-state index < -0.39 is 0 Å². The Labute approximate surface area is 133 Å². The molecular weight excluding hydrogens is 300 g/mol. The van der Waals surface area contributed by atoms with Crippen LogP contribution in [0.15, 0.2) is 36.7 Å². The summed E-state index contributed by atoms with van der Waals surface area (Å²) in [7, 11) is 0. The second kappa shape index (κ2) is 5.39. The smallest absolute Gasteiger partial charge is 0.255 e. The van der Waals surface area contributed by atoms with Gasteiger partial charge in [0.25, 0.3) is 5.91 Å². The van der Waals surface area contributed by atoms with Crippen LogP contribution >= 0.6 is 11.6 Å². The number of aromatic nitrogens is 3. The van der Waals surface area contributed by atoms with E-state index in [0.717, 1.165) is 25.7 Å². The SMILES string of the molecule is O=C(c1ccccc1Cl)N1C2CCC1CC(n1nccn1)C2. The molecule has 0 radical (unpaired) electrons. The molecule has 2 fully saturated rings. The number of halogens is 1. The molecule has 2 atom stereocenters. The normalized spacial score (nSPS) is 27.1. The predicted molar refractivity (Wildman–Crippen MR) is 82.7 cm³/mol. The van der Waals surface area contributed by atoms with Gasteiger partial charge < -0.3 is 4.90 Å². The molecule has 1 amide bonds. The van der Waals surface area contributed by atoms with E-state index in [1.807, 2.05) is 23.1 Å². The van der Waals surface area contributed by atoms with E-state index in [0.29, 0.717) is 16.6 Å². The van der Waals surface area contributed by atoms with Gasteiger partial charge in [-0.2, -0.15) is 15.0 Å². The van der Waals surface area contributed by atoms with Crippen molar-refractivity contribution in [2.24, 2.45) is 0 Å². The quantitative estimate of drug-likeness (QED) is 0.856. The van der Waals surface area contributed by atoms with Gasteiger partial charge in [0, 0.05) is 12.1 Å². The zero-order valence-corrected chi connectivity index (χ0v) is 12.9. The van der Waals surface area contributed by atoms with Crippen LogP contribution in [0.2, 0.25) is 5.02 Å². The van der Waals surface area contributed by atoms with E-state index in [1.54, 1.807) is 23.3 Å². The van der Waals surface area contributed by atoms with Crippen LogP contribution in [-0.4, -0.2) is 37.9 Å². The Balaban J connectivity index is 1.58. The second-order valence-electron chi connectivity index (χ2n) is 6.05. The summed E-state index contributed by atoms with van der Waals surface area (Å²) in [4.78, 5) is 16.7. The van der Waals surface area contributed by atoms with Gasteiger partial charge in [-0.1, -0.05) is 23.7 Å². The van der Waals surface area contributed by atoms with Crippen LogP contribution in [-0.2, 0) is 0 Å². The highest BCUT2D eigenvalue weighted by Crippen LogP contribution is 2.41. The minimum Gasteiger partial charge on any atom is -0.332 e. The third kappa shape index (κ3) is 2.20. The lowest BCUT2D eigenvalue weighted by molar-refractivity contribution is 0.0512. The number of rotatable bonds is 2. The topological polar surface area (TPSA) is 51.0 Å². The number of benzene rings is 1. The van der Waals surface area contributed by atoms with Crippen LogP contribution in [0.1, 0.15) is 42.1 Å². The molecule has 2 unspecified atom stereocenters. The summed E-state index contributed by atoms with van der Waals surface area (Å²) in [6.07, 6.45) is 7.37. The van der Waals surface area contributed by atoms with Crippen LogP contribution in [0.5, 0.6) is 0 Å². The van der Waals surface area contributed by atoms with Gasteiger partial charge in [-0.15, -0.1) is 0 Å². The summed E-state index contributed by atoms with van der Waals surface area (Å²) in [5.41, 5.74) is 0.608. The standard InChI is InChI=1S/C16H17ClN4O/c17-15-4-2-1-3-14(15)16(22)20-11-5-6-12(20)10-13(9-11)21-18-7-8-19-21/h1-4,7-8,11-13H,5-6,9-10H2. The van der Waals surface area contributed by atoms with Crippen molar-refractivity contribution in [2.45, 2.75) is 43.8 Å². The van der Waals surface area contributed by atoms with E-state index in [1.165, 1.54) is 0 Å². The fourth-order valence-electron chi connectivity index (χ4n) is 3.86. The Bertz CT molecular complexity index is 673. The molecule has 3 heterocycles.